The Morgan fingerprint density at radius 3 is 2.62 bits per heavy atom. The average Bonchev–Trinajstić information content (AvgIpc) is 2.93. The lowest BCUT2D eigenvalue weighted by Crippen LogP contribution is -2.53. The first-order valence-electron chi connectivity index (χ1n) is 7.86. The summed E-state index contributed by atoms with van der Waals surface area (Å²) in [6, 6.07) is -0.575. The highest BCUT2D eigenvalue weighted by Gasteiger charge is 2.40. The zero-order chi connectivity index (χ0) is 15.8. The number of carboxylic acids is 1. The summed E-state index contributed by atoms with van der Waals surface area (Å²) in [5.74, 6) is -1.45. The Kier molecular flexibility index (Phi) is 7.67. The first-order valence-corrected chi connectivity index (χ1v) is 7.86. The number of nitrogens with one attached hydrogen (secondary N) is 1. The number of carbonyl (C=O) groups is 2. The van der Waals surface area contributed by atoms with E-state index >= 15 is 0 Å². The van der Waals surface area contributed by atoms with Crippen molar-refractivity contribution in [3.05, 3.63) is 0 Å². The molecule has 122 valence electrons. The van der Waals surface area contributed by atoms with Gasteiger partial charge in [-0.15, -0.1) is 0 Å². The Balaban J connectivity index is 2.57. The Morgan fingerprint density at radius 1 is 1.33 bits per heavy atom. The molecule has 0 spiro atoms. The molecule has 0 saturated carbocycles. The third-order valence-corrected chi connectivity index (χ3v) is 4.12. The smallest absolute Gasteiger partial charge is 0.310 e. The minimum absolute atomic E-state index is 0.0380. The summed E-state index contributed by atoms with van der Waals surface area (Å²) in [4.78, 5) is 25.4. The number of likely N-dealkylation sites (N-methyl/N-ethyl adjacent to an activating group) is 1. The molecule has 1 fully saturated rings. The molecular weight excluding hydrogens is 272 g/mol. The van der Waals surface area contributed by atoms with Crippen molar-refractivity contribution in [1.29, 1.82) is 0 Å². The molecule has 6 heteroatoms. The van der Waals surface area contributed by atoms with Crippen molar-refractivity contribution >= 4 is 11.9 Å². The summed E-state index contributed by atoms with van der Waals surface area (Å²) in [7, 11) is 0. The van der Waals surface area contributed by atoms with Crippen molar-refractivity contribution in [3.8, 4) is 0 Å². The molecule has 0 aliphatic carbocycles. The Hall–Kier alpha value is -1.14. The number of hydrogen-bond donors (Lipinski definition) is 2. The molecule has 0 radical (unpaired) electrons. The Morgan fingerprint density at radius 2 is 2.05 bits per heavy atom. The third kappa shape index (κ3) is 4.97. The molecule has 1 rings (SSSR count). The highest BCUT2D eigenvalue weighted by Crippen LogP contribution is 2.22. The zero-order valence-electron chi connectivity index (χ0n) is 13.3. The number of ether oxygens (including phenoxy) is 1. The van der Waals surface area contributed by atoms with Crippen molar-refractivity contribution in [2.24, 2.45) is 5.92 Å². The van der Waals surface area contributed by atoms with E-state index in [1.807, 2.05) is 18.7 Å². The minimum Gasteiger partial charge on any atom is -0.481 e. The van der Waals surface area contributed by atoms with E-state index in [9.17, 15) is 14.7 Å². The highest BCUT2D eigenvalue weighted by molar-refractivity contribution is 5.81. The first kappa shape index (κ1) is 17.9. The second kappa shape index (κ2) is 9.00. The summed E-state index contributed by atoms with van der Waals surface area (Å²) in [6.45, 7) is 7.79. The predicted octanol–water partition coefficient (Wildman–Crippen LogP) is 1.10. The summed E-state index contributed by atoms with van der Waals surface area (Å²) >= 11 is 0. The van der Waals surface area contributed by atoms with Crippen molar-refractivity contribution in [3.63, 3.8) is 0 Å². The quantitative estimate of drug-likeness (QED) is 0.624. The zero-order valence-corrected chi connectivity index (χ0v) is 13.3. The highest BCUT2D eigenvalue weighted by atomic mass is 16.5. The molecule has 3 unspecified atom stereocenters. The summed E-state index contributed by atoms with van der Waals surface area (Å²) < 4.78 is 5.30. The fourth-order valence-electron chi connectivity index (χ4n) is 2.79. The van der Waals surface area contributed by atoms with Crippen LogP contribution in [-0.2, 0) is 14.3 Å². The van der Waals surface area contributed by atoms with E-state index in [0.717, 1.165) is 19.3 Å². The van der Waals surface area contributed by atoms with Crippen LogP contribution in [0, 0.1) is 5.92 Å². The molecule has 1 saturated heterocycles. The number of amides is 1. The van der Waals surface area contributed by atoms with Gasteiger partial charge in [-0.2, -0.15) is 0 Å². The number of nitrogens with zero attached hydrogens (tertiary/aromatic N) is 1. The third-order valence-electron chi connectivity index (χ3n) is 4.12. The number of carbonyl (C=O) groups excluding carboxylic acids is 1. The Labute approximate surface area is 126 Å². The number of unbranched alkanes of at least 4 members (excludes halogenated alkanes) is 2. The van der Waals surface area contributed by atoms with E-state index in [-0.39, 0.29) is 24.6 Å². The molecule has 0 aromatic rings. The molecule has 21 heavy (non-hydrogen) atoms. The summed E-state index contributed by atoms with van der Waals surface area (Å²) in [5.41, 5.74) is 0. The first-order chi connectivity index (χ1) is 10.0. The maximum Gasteiger partial charge on any atom is 0.310 e. The molecule has 1 heterocycles. The van der Waals surface area contributed by atoms with Crippen LogP contribution in [0.4, 0.5) is 0 Å². The standard InChI is InChI=1S/C15H28N2O4/c1-4-6-7-8-16-14(18)11(3)17(5-2)13-10-21-9-12(13)15(19)20/h11-13H,4-10H2,1-3H3,(H,16,18)(H,19,20). The minimum atomic E-state index is -0.855. The molecule has 3 atom stereocenters. The van der Waals surface area contributed by atoms with Crippen LogP contribution in [0.1, 0.15) is 40.0 Å². The number of carboxylic acid groups (broad SMARTS) is 1. The molecule has 0 bridgehead atoms. The van der Waals surface area contributed by atoms with Gasteiger partial charge in [0, 0.05) is 12.6 Å². The molecular formula is C15H28N2O4. The predicted molar refractivity (Wildman–Crippen MR) is 80.1 cm³/mol. The molecule has 2 N–H and O–H groups in total. The second-order valence-corrected chi connectivity index (χ2v) is 5.55. The van der Waals surface area contributed by atoms with E-state index in [1.54, 1.807) is 0 Å². The molecule has 1 aliphatic rings. The summed E-state index contributed by atoms with van der Waals surface area (Å²) in [6.07, 6.45) is 3.20. The number of rotatable bonds is 9. The van der Waals surface area contributed by atoms with Crippen LogP contribution in [0.2, 0.25) is 0 Å². The summed E-state index contributed by atoms with van der Waals surface area (Å²) in [5, 5.41) is 12.2. The maximum absolute atomic E-state index is 12.2. The van der Waals surface area contributed by atoms with E-state index in [0.29, 0.717) is 19.7 Å². The van der Waals surface area contributed by atoms with Crippen LogP contribution in [0.25, 0.3) is 0 Å². The largest absolute Gasteiger partial charge is 0.481 e. The lowest BCUT2D eigenvalue weighted by Gasteiger charge is -2.33. The van der Waals surface area contributed by atoms with Crippen LogP contribution in [0.5, 0.6) is 0 Å². The lowest BCUT2D eigenvalue weighted by atomic mass is 10.0. The van der Waals surface area contributed by atoms with Gasteiger partial charge in [0.2, 0.25) is 5.91 Å². The van der Waals surface area contributed by atoms with Crippen molar-refractivity contribution in [2.45, 2.75) is 52.1 Å². The van der Waals surface area contributed by atoms with E-state index in [2.05, 4.69) is 12.2 Å². The van der Waals surface area contributed by atoms with Gasteiger partial charge in [-0.1, -0.05) is 26.7 Å². The molecule has 6 nitrogen and oxygen atoms in total. The van der Waals surface area contributed by atoms with Gasteiger partial charge in [-0.25, -0.2) is 0 Å². The van der Waals surface area contributed by atoms with Crippen LogP contribution < -0.4 is 5.32 Å². The van der Waals surface area contributed by atoms with Crippen LogP contribution >= 0.6 is 0 Å². The van der Waals surface area contributed by atoms with Gasteiger partial charge >= 0.3 is 5.97 Å². The van der Waals surface area contributed by atoms with E-state index in [1.165, 1.54) is 0 Å². The monoisotopic (exact) mass is 300 g/mol. The van der Waals surface area contributed by atoms with Crippen LogP contribution in [0.3, 0.4) is 0 Å². The van der Waals surface area contributed by atoms with E-state index < -0.39 is 11.9 Å². The van der Waals surface area contributed by atoms with Gasteiger partial charge in [0.15, 0.2) is 0 Å². The molecule has 1 aliphatic heterocycles. The van der Waals surface area contributed by atoms with Gasteiger partial charge in [0.1, 0.15) is 0 Å². The fraction of sp³-hybridized carbons (Fsp3) is 0.867. The van der Waals surface area contributed by atoms with Crippen LogP contribution in [0.15, 0.2) is 0 Å². The SMILES string of the molecule is CCCCCNC(=O)C(C)N(CC)C1COCC1C(=O)O. The topological polar surface area (TPSA) is 78.9 Å². The fourth-order valence-corrected chi connectivity index (χ4v) is 2.79. The van der Waals surface area contributed by atoms with Gasteiger partial charge in [0.25, 0.3) is 0 Å². The van der Waals surface area contributed by atoms with Gasteiger partial charge in [0.05, 0.1) is 25.2 Å². The van der Waals surface area contributed by atoms with Gasteiger partial charge in [-0.3, -0.25) is 14.5 Å². The average molecular weight is 300 g/mol. The molecule has 0 aromatic heterocycles. The van der Waals surface area contributed by atoms with Crippen molar-refractivity contribution < 1.29 is 19.4 Å². The Bertz CT molecular complexity index is 349. The molecule has 1 amide bonds. The lowest BCUT2D eigenvalue weighted by molar-refractivity contribution is -0.144. The number of aliphatic carboxylic acids is 1. The normalized spacial score (nSPS) is 23.2. The van der Waals surface area contributed by atoms with E-state index in [4.69, 9.17) is 4.74 Å². The van der Waals surface area contributed by atoms with Gasteiger partial charge < -0.3 is 15.2 Å². The number of hydrogen-bond acceptors (Lipinski definition) is 4. The van der Waals surface area contributed by atoms with Crippen molar-refractivity contribution in [1.82, 2.24) is 10.2 Å². The van der Waals surface area contributed by atoms with Gasteiger partial charge in [-0.05, 0) is 19.9 Å². The maximum atomic E-state index is 12.2. The van der Waals surface area contributed by atoms with Crippen LogP contribution in [-0.4, -0.2) is 60.3 Å². The molecule has 0 aromatic carbocycles. The second-order valence-electron chi connectivity index (χ2n) is 5.55. The van der Waals surface area contributed by atoms with Crippen molar-refractivity contribution in [2.75, 3.05) is 26.3 Å².